The molecule has 2 fully saturated rings. The van der Waals surface area contributed by atoms with Crippen LogP contribution in [0.25, 0.3) is 0 Å². The van der Waals surface area contributed by atoms with Gasteiger partial charge in [0.25, 0.3) is 0 Å². The van der Waals surface area contributed by atoms with Gasteiger partial charge in [0.15, 0.2) is 0 Å². The Balaban J connectivity index is 1.68. The van der Waals surface area contributed by atoms with Gasteiger partial charge in [0.1, 0.15) is 0 Å². The summed E-state index contributed by atoms with van der Waals surface area (Å²) in [7, 11) is 3.87. The van der Waals surface area contributed by atoms with E-state index in [1.54, 1.807) is 7.11 Å². The molecule has 2 amide bonds. The predicted molar refractivity (Wildman–Crippen MR) is 92.1 cm³/mol. The number of hydrogen-bond donors (Lipinski definition) is 1. The fourth-order valence-electron chi connectivity index (χ4n) is 3.48. The molecule has 0 aliphatic carbocycles. The molecular weight excluding hydrogens is 306 g/mol. The molecule has 0 spiro atoms. The second kappa shape index (κ2) is 7.32. The second-order valence-electron chi connectivity index (χ2n) is 6.63. The first-order valence-electron chi connectivity index (χ1n) is 8.46. The SMILES string of the molecule is COCC1CN(c2ccc(C3CCC(=O)NC3=O)cc2)CCN1C. The molecule has 24 heavy (non-hydrogen) atoms. The molecule has 0 saturated carbocycles. The molecule has 1 aromatic carbocycles. The molecule has 6 nitrogen and oxygen atoms in total. The second-order valence-corrected chi connectivity index (χ2v) is 6.63. The minimum Gasteiger partial charge on any atom is -0.383 e. The first kappa shape index (κ1) is 16.9. The van der Waals surface area contributed by atoms with Gasteiger partial charge in [0.05, 0.1) is 18.6 Å². The van der Waals surface area contributed by atoms with Crippen molar-refractivity contribution >= 4 is 17.5 Å². The molecule has 0 bridgehead atoms. The maximum absolute atomic E-state index is 12.0. The smallest absolute Gasteiger partial charge is 0.234 e. The number of nitrogens with zero attached hydrogens (tertiary/aromatic N) is 2. The first-order valence-corrected chi connectivity index (χ1v) is 8.46. The summed E-state index contributed by atoms with van der Waals surface area (Å²) in [5, 5.41) is 2.42. The summed E-state index contributed by atoms with van der Waals surface area (Å²) in [6.07, 6.45) is 1.00. The number of anilines is 1. The standard InChI is InChI=1S/C18H25N3O3/c1-20-9-10-21(11-15(20)12-24-2)14-5-3-13(4-6-14)16-7-8-17(22)19-18(16)23/h3-6,15-16H,7-12H2,1-2H3,(H,19,22,23). The number of likely N-dealkylation sites (N-methyl/N-ethyl adjacent to an activating group) is 1. The molecule has 2 heterocycles. The minimum absolute atomic E-state index is 0.172. The number of piperidine rings is 1. The maximum Gasteiger partial charge on any atom is 0.234 e. The van der Waals surface area contributed by atoms with Crippen molar-refractivity contribution in [2.75, 3.05) is 45.3 Å². The van der Waals surface area contributed by atoms with Crippen molar-refractivity contribution in [2.45, 2.75) is 24.8 Å². The van der Waals surface area contributed by atoms with E-state index in [1.807, 2.05) is 12.1 Å². The number of ether oxygens (including phenoxy) is 1. The normalized spacial score (nSPS) is 25.7. The van der Waals surface area contributed by atoms with Gasteiger partial charge in [-0.3, -0.25) is 19.8 Å². The minimum atomic E-state index is -0.217. The molecule has 2 aliphatic heterocycles. The van der Waals surface area contributed by atoms with Crippen LogP contribution in [-0.2, 0) is 14.3 Å². The van der Waals surface area contributed by atoms with E-state index in [0.29, 0.717) is 18.9 Å². The zero-order valence-corrected chi connectivity index (χ0v) is 14.3. The number of imide groups is 1. The van der Waals surface area contributed by atoms with Gasteiger partial charge in [-0.1, -0.05) is 12.1 Å². The summed E-state index contributed by atoms with van der Waals surface area (Å²) in [4.78, 5) is 27.9. The van der Waals surface area contributed by atoms with Crippen LogP contribution in [0.4, 0.5) is 5.69 Å². The Bertz CT molecular complexity index is 602. The average Bonchev–Trinajstić information content (AvgIpc) is 2.57. The number of hydrogen-bond acceptors (Lipinski definition) is 5. The van der Waals surface area contributed by atoms with Gasteiger partial charge in [-0.2, -0.15) is 0 Å². The fraction of sp³-hybridized carbons (Fsp3) is 0.556. The van der Waals surface area contributed by atoms with Gasteiger partial charge in [0, 0.05) is 38.9 Å². The Hall–Kier alpha value is -1.92. The van der Waals surface area contributed by atoms with Crippen molar-refractivity contribution in [3.63, 3.8) is 0 Å². The third-order valence-corrected chi connectivity index (χ3v) is 5.04. The van der Waals surface area contributed by atoms with Crippen LogP contribution >= 0.6 is 0 Å². The van der Waals surface area contributed by atoms with E-state index in [1.165, 1.54) is 5.69 Å². The highest BCUT2D eigenvalue weighted by atomic mass is 16.5. The van der Waals surface area contributed by atoms with E-state index in [2.05, 4.69) is 34.3 Å². The first-order chi connectivity index (χ1) is 11.6. The molecule has 2 atom stereocenters. The van der Waals surface area contributed by atoms with Crippen LogP contribution in [0.15, 0.2) is 24.3 Å². The number of amides is 2. The molecule has 2 unspecified atom stereocenters. The van der Waals surface area contributed by atoms with E-state index in [9.17, 15) is 9.59 Å². The van der Waals surface area contributed by atoms with Crippen LogP contribution in [0.3, 0.4) is 0 Å². The van der Waals surface area contributed by atoms with Crippen molar-refractivity contribution in [2.24, 2.45) is 0 Å². The number of carbonyl (C=O) groups is 2. The Labute approximate surface area is 142 Å². The summed E-state index contributed by atoms with van der Waals surface area (Å²) in [6, 6.07) is 8.57. The molecule has 2 aliphatic rings. The number of piperazine rings is 1. The number of rotatable bonds is 4. The van der Waals surface area contributed by atoms with E-state index in [4.69, 9.17) is 4.74 Å². The Morgan fingerprint density at radius 2 is 1.96 bits per heavy atom. The average molecular weight is 331 g/mol. The van der Waals surface area contributed by atoms with Crippen LogP contribution in [-0.4, -0.2) is 63.2 Å². The summed E-state index contributed by atoms with van der Waals surface area (Å²) >= 11 is 0. The summed E-state index contributed by atoms with van der Waals surface area (Å²) in [6.45, 7) is 3.64. The highest BCUT2D eigenvalue weighted by Crippen LogP contribution is 2.27. The third kappa shape index (κ3) is 3.60. The number of carbonyl (C=O) groups excluding carboxylic acids is 2. The topological polar surface area (TPSA) is 61.9 Å². The van der Waals surface area contributed by atoms with Crippen molar-refractivity contribution in [1.82, 2.24) is 10.2 Å². The highest BCUT2D eigenvalue weighted by Gasteiger charge is 2.28. The molecule has 130 valence electrons. The monoisotopic (exact) mass is 331 g/mol. The lowest BCUT2D eigenvalue weighted by Crippen LogP contribution is -2.53. The van der Waals surface area contributed by atoms with Gasteiger partial charge in [-0.05, 0) is 31.2 Å². The van der Waals surface area contributed by atoms with E-state index in [-0.39, 0.29) is 17.7 Å². The lowest BCUT2D eigenvalue weighted by Gasteiger charge is -2.40. The van der Waals surface area contributed by atoms with Gasteiger partial charge < -0.3 is 9.64 Å². The fourth-order valence-corrected chi connectivity index (χ4v) is 3.48. The lowest BCUT2D eigenvalue weighted by molar-refractivity contribution is -0.134. The number of nitrogens with one attached hydrogen (secondary N) is 1. The number of methoxy groups -OCH3 is 1. The lowest BCUT2D eigenvalue weighted by atomic mass is 9.90. The molecule has 1 aromatic rings. The van der Waals surface area contributed by atoms with Crippen LogP contribution < -0.4 is 10.2 Å². The van der Waals surface area contributed by atoms with Crippen LogP contribution in [0.1, 0.15) is 24.3 Å². The van der Waals surface area contributed by atoms with Gasteiger partial charge in [0.2, 0.25) is 11.8 Å². The Kier molecular flexibility index (Phi) is 5.16. The van der Waals surface area contributed by atoms with Gasteiger partial charge in [-0.25, -0.2) is 0 Å². The Morgan fingerprint density at radius 1 is 1.21 bits per heavy atom. The predicted octanol–water partition coefficient (Wildman–Crippen LogP) is 0.974. The van der Waals surface area contributed by atoms with E-state index < -0.39 is 0 Å². The molecule has 0 aromatic heterocycles. The summed E-state index contributed by atoms with van der Waals surface area (Å²) in [5.41, 5.74) is 2.14. The molecule has 1 N–H and O–H groups in total. The van der Waals surface area contributed by atoms with Crippen molar-refractivity contribution < 1.29 is 14.3 Å². The van der Waals surface area contributed by atoms with Gasteiger partial charge in [-0.15, -0.1) is 0 Å². The summed E-state index contributed by atoms with van der Waals surface area (Å²) < 4.78 is 5.31. The van der Waals surface area contributed by atoms with Gasteiger partial charge >= 0.3 is 0 Å². The third-order valence-electron chi connectivity index (χ3n) is 5.04. The van der Waals surface area contributed by atoms with E-state index >= 15 is 0 Å². The van der Waals surface area contributed by atoms with Crippen LogP contribution in [0.2, 0.25) is 0 Å². The molecule has 6 heteroatoms. The Morgan fingerprint density at radius 3 is 2.62 bits per heavy atom. The highest BCUT2D eigenvalue weighted by molar-refractivity contribution is 6.00. The van der Waals surface area contributed by atoms with Crippen molar-refractivity contribution in [3.8, 4) is 0 Å². The van der Waals surface area contributed by atoms with E-state index in [0.717, 1.165) is 31.8 Å². The molecule has 3 rings (SSSR count). The maximum atomic E-state index is 12.0. The molecule has 2 saturated heterocycles. The largest absolute Gasteiger partial charge is 0.383 e. The van der Waals surface area contributed by atoms with Crippen LogP contribution in [0, 0.1) is 0 Å². The van der Waals surface area contributed by atoms with Crippen molar-refractivity contribution in [1.29, 1.82) is 0 Å². The summed E-state index contributed by atoms with van der Waals surface area (Å²) in [5.74, 6) is -0.571. The quantitative estimate of drug-likeness (QED) is 0.833. The number of benzene rings is 1. The zero-order valence-electron chi connectivity index (χ0n) is 14.3. The molecular formula is C18H25N3O3. The van der Waals surface area contributed by atoms with Crippen molar-refractivity contribution in [3.05, 3.63) is 29.8 Å². The zero-order chi connectivity index (χ0) is 17.1. The molecule has 0 radical (unpaired) electrons. The van der Waals surface area contributed by atoms with Crippen LogP contribution in [0.5, 0.6) is 0 Å².